The highest BCUT2D eigenvalue weighted by Crippen LogP contribution is 2.25. The number of carbonyl (C=O) groups excluding carboxylic acids is 1. The minimum atomic E-state index is -3.55. The van der Waals surface area contributed by atoms with E-state index in [0.29, 0.717) is 31.9 Å². The van der Waals surface area contributed by atoms with Gasteiger partial charge in [0.05, 0.1) is 17.5 Å². The van der Waals surface area contributed by atoms with Crippen LogP contribution in [0.25, 0.3) is 0 Å². The third-order valence-corrected chi connectivity index (χ3v) is 9.00. The molecule has 0 unspecified atom stereocenters. The Labute approximate surface area is 200 Å². The van der Waals surface area contributed by atoms with Crippen molar-refractivity contribution in [3.63, 3.8) is 0 Å². The summed E-state index contributed by atoms with van der Waals surface area (Å²) in [6.07, 6.45) is 5.06. The van der Waals surface area contributed by atoms with Crippen LogP contribution in [-0.2, 0) is 26.1 Å². The second kappa shape index (κ2) is 11.1. The molecule has 9 heteroatoms. The molecule has 2 saturated heterocycles. The number of nitrogens with one attached hydrogen (secondary N) is 1. The normalized spacial score (nSPS) is 19.8. The number of anilines is 1. The lowest BCUT2D eigenvalue weighted by Crippen LogP contribution is -2.38. The summed E-state index contributed by atoms with van der Waals surface area (Å²) < 4.78 is 33.5. The van der Waals surface area contributed by atoms with Gasteiger partial charge in [0.25, 0.3) is 0 Å². The highest BCUT2D eigenvalue weighted by Gasteiger charge is 2.27. The predicted molar refractivity (Wildman–Crippen MR) is 131 cm³/mol. The molecule has 4 rings (SSSR count). The van der Waals surface area contributed by atoms with Gasteiger partial charge < -0.3 is 10.1 Å². The molecule has 1 aromatic carbocycles. The van der Waals surface area contributed by atoms with Crippen molar-refractivity contribution in [2.75, 3.05) is 38.1 Å². The lowest BCUT2D eigenvalue weighted by atomic mass is 10.2. The molecule has 2 aliphatic heterocycles. The fraction of sp³-hybridized carbons (Fsp3) is 0.542. The van der Waals surface area contributed by atoms with E-state index in [2.05, 4.69) is 16.3 Å². The van der Waals surface area contributed by atoms with Crippen molar-refractivity contribution in [3.05, 3.63) is 46.2 Å². The minimum absolute atomic E-state index is 0.150. The van der Waals surface area contributed by atoms with Crippen LogP contribution in [0.4, 0.5) is 5.69 Å². The van der Waals surface area contributed by atoms with Gasteiger partial charge in [-0.15, -0.1) is 11.3 Å². The molecule has 3 heterocycles. The highest BCUT2D eigenvalue weighted by atomic mass is 32.2. The Morgan fingerprint density at radius 1 is 1.21 bits per heavy atom. The number of nitrogens with zero attached hydrogens (tertiary/aromatic N) is 2. The minimum Gasteiger partial charge on any atom is -0.377 e. The van der Waals surface area contributed by atoms with E-state index in [0.717, 1.165) is 44.3 Å². The number of amides is 1. The van der Waals surface area contributed by atoms with Crippen LogP contribution in [0.1, 0.15) is 42.5 Å². The van der Waals surface area contributed by atoms with Crippen molar-refractivity contribution < 1.29 is 17.9 Å². The largest absolute Gasteiger partial charge is 0.377 e. The van der Waals surface area contributed by atoms with Crippen molar-refractivity contribution in [1.82, 2.24) is 9.21 Å². The first-order valence-corrected chi connectivity index (χ1v) is 14.0. The Balaban J connectivity index is 1.45. The van der Waals surface area contributed by atoms with Crippen molar-refractivity contribution in [3.8, 4) is 0 Å². The second-order valence-corrected chi connectivity index (χ2v) is 11.8. The molecule has 1 amide bonds. The van der Waals surface area contributed by atoms with E-state index in [4.69, 9.17) is 4.74 Å². The van der Waals surface area contributed by atoms with Crippen LogP contribution in [0.2, 0.25) is 0 Å². The fourth-order valence-electron chi connectivity index (χ4n) is 4.43. The van der Waals surface area contributed by atoms with E-state index >= 15 is 0 Å². The van der Waals surface area contributed by atoms with Crippen LogP contribution in [0.5, 0.6) is 0 Å². The smallest absolute Gasteiger partial charge is 0.243 e. The molecule has 1 aromatic heterocycles. The number of carbonyl (C=O) groups is 1. The van der Waals surface area contributed by atoms with Crippen LogP contribution < -0.4 is 5.32 Å². The fourth-order valence-corrected chi connectivity index (χ4v) is 6.72. The summed E-state index contributed by atoms with van der Waals surface area (Å²) in [5.41, 5.74) is 1.39. The Bertz CT molecular complexity index is 1030. The van der Waals surface area contributed by atoms with Crippen LogP contribution in [0.3, 0.4) is 0 Å². The van der Waals surface area contributed by atoms with Gasteiger partial charge in [-0.25, -0.2) is 8.42 Å². The second-order valence-electron chi connectivity index (χ2n) is 8.87. The van der Waals surface area contributed by atoms with Crippen LogP contribution >= 0.6 is 11.3 Å². The van der Waals surface area contributed by atoms with E-state index in [1.54, 1.807) is 33.8 Å². The molecule has 2 fully saturated rings. The number of sulfonamides is 1. The molecule has 0 bridgehead atoms. The number of hydrogen-bond donors (Lipinski definition) is 1. The molecule has 2 aliphatic rings. The molecule has 0 spiro atoms. The molecule has 1 atom stereocenters. The van der Waals surface area contributed by atoms with Crippen molar-refractivity contribution in [2.45, 2.75) is 56.6 Å². The number of piperidine rings is 1. The van der Waals surface area contributed by atoms with Gasteiger partial charge in [-0.05, 0) is 61.7 Å². The lowest BCUT2D eigenvalue weighted by molar-refractivity contribution is -0.117. The van der Waals surface area contributed by atoms with Crippen LogP contribution in [-0.4, -0.2) is 62.4 Å². The number of rotatable bonds is 9. The van der Waals surface area contributed by atoms with Crippen molar-refractivity contribution in [2.24, 2.45) is 0 Å². The molecule has 7 nitrogen and oxygen atoms in total. The standard InChI is InChI=1S/C24H33N3O4S2/c1-19-9-10-22(33(29,30)27-11-3-2-4-12-27)15-23(19)25-24(28)18-26(16-20-7-5-13-31-20)17-21-8-6-14-32-21/h6,8-10,14-15,20H,2-5,7,11-13,16-18H2,1H3,(H,25,28)/t20-/m1/s1. The van der Waals surface area contributed by atoms with E-state index in [1.807, 2.05) is 18.4 Å². The molecule has 0 saturated carbocycles. The van der Waals surface area contributed by atoms with Gasteiger partial charge in [0.15, 0.2) is 0 Å². The van der Waals surface area contributed by atoms with Crippen LogP contribution in [0.15, 0.2) is 40.6 Å². The summed E-state index contributed by atoms with van der Waals surface area (Å²) in [5, 5.41) is 5.00. The van der Waals surface area contributed by atoms with Gasteiger partial charge in [-0.2, -0.15) is 4.31 Å². The summed E-state index contributed by atoms with van der Waals surface area (Å²) >= 11 is 1.68. The first-order chi connectivity index (χ1) is 15.9. The van der Waals surface area contributed by atoms with Gasteiger partial charge in [-0.1, -0.05) is 18.6 Å². The summed E-state index contributed by atoms with van der Waals surface area (Å²) in [5.74, 6) is -0.153. The Morgan fingerprint density at radius 2 is 2.03 bits per heavy atom. The first-order valence-electron chi connectivity index (χ1n) is 11.7. The van der Waals surface area contributed by atoms with Crippen molar-refractivity contribution in [1.29, 1.82) is 0 Å². The monoisotopic (exact) mass is 491 g/mol. The van der Waals surface area contributed by atoms with Gasteiger partial charge in [0, 0.05) is 43.4 Å². The van der Waals surface area contributed by atoms with Crippen LogP contribution in [0, 0.1) is 6.92 Å². The van der Waals surface area contributed by atoms with Crippen molar-refractivity contribution >= 4 is 33.0 Å². The highest BCUT2D eigenvalue weighted by molar-refractivity contribution is 7.89. The Kier molecular flexibility index (Phi) is 8.19. The summed E-state index contributed by atoms with van der Waals surface area (Å²) in [6.45, 7) is 5.38. The molecule has 33 heavy (non-hydrogen) atoms. The van der Waals surface area contributed by atoms with Gasteiger partial charge in [0.2, 0.25) is 15.9 Å². The molecule has 2 aromatic rings. The van der Waals surface area contributed by atoms with E-state index in [9.17, 15) is 13.2 Å². The van der Waals surface area contributed by atoms with E-state index < -0.39 is 10.0 Å². The summed E-state index contributed by atoms with van der Waals surface area (Å²) in [7, 11) is -3.55. The maximum Gasteiger partial charge on any atom is 0.243 e. The molecule has 180 valence electrons. The van der Waals surface area contributed by atoms with E-state index in [-0.39, 0.29) is 23.5 Å². The number of thiophene rings is 1. The number of benzene rings is 1. The molecule has 0 radical (unpaired) electrons. The Hall–Kier alpha value is -1.78. The first kappa shape index (κ1) is 24.3. The zero-order valence-corrected chi connectivity index (χ0v) is 20.8. The average Bonchev–Trinajstić information content (AvgIpc) is 3.50. The zero-order valence-electron chi connectivity index (χ0n) is 19.2. The average molecular weight is 492 g/mol. The van der Waals surface area contributed by atoms with E-state index in [1.165, 1.54) is 4.88 Å². The Morgan fingerprint density at radius 3 is 2.73 bits per heavy atom. The summed E-state index contributed by atoms with van der Waals surface area (Å²) in [6, 6.07) is 9.09. The topological polar surface area (TPSA) is 79.0 Å². The SMILES string of the molecule is Cc1ccc(S(=O)(=O)N2CCCCC2)cc1NC(=O)CN(Cc1cccs1)C[C@H]1CCCO1. The summed E-state index contributed by atoms with van der Waals surface area (Å²) in [4.78, 5) is 16.5. The third kappa shape index (κ3) is 6.42. The van der Waals surface area contributed by atoms with Gasteiger partial charge >= 0.3 is 0 Å². The zero-order chi connectivity index (χ0) is 23.3. The number of aryl methyl sites for hydroxylation is 1. The maximum absolute atomic E-state index is 13.1. The van der Waals surface area contributed by atoms with Gasteiger partial charge in [-0.3, -0.25) is 9.69 Å². The quantitative estimate of drug-likeness (QED) is 0.576. The van der Waals surface area contributed by atoms with Gasteiger partial charge in [0.1, 0.15) is 0 Å². The molecule has 1 N–H and O–H groups in total. The lowest BCUT2D eigenvalue weighted by Gasteiger charge is -2.26. The predicted octanol–water partition coefficient (Wildman–Crippen LogP) is 3.85. The molecular formula is C24H33N3O4S2. The molecular weight excluding hydrogens is 458 g/mol. The number of hydrogen-bond acceptors (Lipinski definition) is 6. The number of ether oxygens (including phenoxy) is 1. The molecule has 0 aliphatic carbocycles. The maximum atomic E-state index is 13.1. The third-order valence-electron chi connectivity index (χ3n) is 6.25.